The number of hydrogen-bond donors (Lipinski definition) is 0. The molecule has 0 fully saturated rings. The van der Waals surface area contributed by atoms with E-state index in [0.717, 1.165) is 5.56 Å². The first kappa shape index (κ1) is 16.1. The Labute approximate surface area is 130 Å². The van der Waals surface area contributed by atoms with Gasteiger partial charge in [0.05, 0.1) is 20.0 Å². The normalized spacial score (nSPS) is 11.5. The topological polar surface area (TPSA) is 52.6 Å². The molecule has 0 aliphatic carbocycles. The maximum atomic E-state index is 12.2. The molecule has 116 valence electrons. The van der Waals surface area contributed by atoms with Crippen molar-refractivity contribution in [2.75, 3.05) is 14.2 Å². The predicted octanol–water partition coefficient (Wildman–Crippen LogP) is 3.29. The second-order valence-corrected chi connectivity index (χ2v) is 6.59. The molecule has 0 aromatic heterocycles. The summed E-state index contributed by atoms with van der Waals surface area (Å²) in [6.45, 7) is 0. The third kappa shape index (κ3) is 4.36. The van der Waals surface area contributed by atoms with E-state index >= 15 is 0 Å². The first-order valence-electron chi connectivity index (χ1n) is 6.71. The zero-order valence-corrected chi connectivity index (χ0v) is 13.3. The molecule has 2 aromatic carbocycles. The van der Waals surface area contributed by atoms with E-state index in [4.69, 9.17) is 9.47 Å². The average molecular weight is 318 g/mol. The largest absolute Gasteiger partial charge is 0.497 e. The lowest BCUT2D eigenvalue weighted by molar-refractivity contribution is 0.414. The first-order chi connectivity index (χ1) is 10.5. The van der Waals surface area contributed by atoms with Crippen LogP contribution in [0.25, 0.3) is 6.08 Å². The lowest BCUT2D eigenvalue weighted by Gasteiger charge is -2.04. The van der Waals surface area contributed by atoms with Crippen molar-refractivity contribution in [2.45, 2.75) is 5.75 Å². The molecule has 0 unspecified atom stereocenters. The molecule has 22 heavy (non-hydrogen) atoms. The minimum Gasteiger partial charge on any atom is -0.497 e. The van der Waals surface area contributed by atoms with E-state index in [1.54, 1.807) is 56.7 Å². The Morgan fingerprint density at radius 3 is 2.27 bits per heavy atom. The Bertz CT molecular complexity index is 746. The molecule has 0 heterocycles. The Hall–Kier alpha value is -2.27. The van der Waals surface area contributed by atoms with E-state index < -0.39 is 9.84 Å². The molecule has 0 saturated heterocycles. The fourth-order valence-electron chi connectivity index (χ4n) is 1.98. The van der Waals surface area contributed by atoms with Crippen LogP contribution >= 0.6 is 0 Å². The first-order valence-corrected chi connectivity index (χ1v) is 8.42. The minimum atomic E-state index is -3.35. The smallest absolute Gasteiger partial charge is 0.175 e. The van der Waals surface area contributed by atoms with Crippen LogP contribution in [0.2, 0.25) is 0 Å². The van der Waals surface area contributed by atoms with Crippen LogP contribution in [-0.2, 0) is 15.6 Å². The highest BCUT2D eigenvalue weighted by Gasteiger charge is 2.08. The lowest BCUT2D eigenvalue weighted by atomic mass is 10.2. The number of sulfone groups is 1. The fraction of sp³-hybridized carbons (Fsp3) is 0.176. The molecule has 0 atom stereocenters. The van der Waals surface area contributed by atoms with Gasteiger partial charge in [0.25, 0.3) is 0 Å². The molecule has 0 bridgehead atoms. The van der Waals surface area contributed by atoms with Gasteiger partial charge in [-0.2, -0.15) is 0 Å². The zero-order chi connectivity index (χ0) is 16.0. The summed E-state index contributed by atoms with van der Waals surface area (Å²) < 4.78 is 34.6. The van der Waals surface area contributed by atoms with E-state index in [-0.39, 0.29) is 5.75 Å². The van der Waals surface area contributed by atoms with Crippen LogP contribution in [0.3, 0.4) is 0 Å². The van der Waals surface area contributed by atoms with Gasteiger partial charge in [0.15, 0.2) is 9.84 Å². The number of para-hydroxylation sites is 1. The van der Waals surface area contributed by atoms with Crippen LogP contribution in [-0.4, -0.2) is 22.6 Å². The molecule has 4 nitrogen and oxygen atoms in total. The molecule has 0 aliphatic rings. The van der Waals surface area contributed by atoms with Crippen LogP contribution in [0.15, 0.2) is 53.9 Å². The monoisotopic (exact) mass is 318 g/mol. The van der Waals surface area contributed by atoms with Crippen LogP contribution in [0.5, 0.6) is 11.5 Å². The number of hydrogen-bond acceptors (Lipinski definition) is 4. The zero-order valence-electron chi connectivity index (χ0n) is 12.5. The van der Waals surface area contributed by atoms with Gasteiger partial charge in [0, 0.05) is 11.0 Å². The molecule has 2 aromatic rings. The second kappa shape index (κ2) is 7.13. The van der Waals surface area contributed by atoms with E-state index in [1.807, 2.05) is 12.1 Å². The van der Waals surface area contributed by atoms with Crippen LogP contribution in [0, 0.1) is 0 Å². The van der Waals surface area contributed by atoms with Gasteiger partial charge in [-0.05, 0) is 29.8 Å². The minimum absolute atomic E-state index is 0.0529. The van der Waals surface area contributed by atoms with E-state index in [2.05, 4.69) is 0 Å². The molecule has 0 aliphatic heterocycles. The quantitative estimate of drug-likeness (QED) is 0.820. The summed E-state index contributed by atoms with van der Waals surface area (Å²) in [6.07, 6.45) is 1.55. The highest BCUT2D eigenvalue weighted by molar-refractivity contribution is 7.93. The Kier molecular flexibility index (Phi) is 5.22. The van der Waals surface area contributed by atoms with Crippen molar-refractivity contribution < 1.29 is 17.9 Å². The van der Waals surface area contributed by atoms with E-state index in [1.165, 1.54) is 5.41 Å². The molecule has 2 rings (SSSR count). The van der Waals surface area contributed by atoms with Crippen molar-refractivity contribution >= 4 is 15.9 Å². The molecular weight excluding hydrogens is 300 g/mol. The van der Waals surface area contributed by atoms with Crippen LogP contribution in [0.1, 0.15) is 11.1 Å². The van der Waals surface area contributed by atoms with Crippen molar-refractivity contribution in [3.05, 3.63) is 65.1 Å². The molecular formula is C17H18O4S. The summed E-state index contributed by atoms with van der Waals surface area (Å²) in [5, 5.41) is 1.22. The summed E-state index contributed by atoms with van der Waals surface area (Å²) in [4.78, 5) is 0. The number of ether oxygens (including phenoxy) is 2. The Morgan fingerprint density at radius 2 is 1.64 bits per heavy atom. The SMILES string of the molecule is COc1ccc(CS(=O)(=O)/C=C/c2ccccc2OC)cc1. The number of rotatable bonds is 6. The van der Waals surface area contributed by atoms with Crippen LogP contribution < -0.4 is 9.47 Å². The highest BCUT2D eigenvalue weighted by atomic mass is 32.2. The van der Waals surface area contributed by atoms with Crippen molar-refractivity contribution in [3.63, 3.8) is 0 Å². The fourth-order valence-corrected chi connectivity index (χ4v) is 3.09. The maximum Gasteiger partial charge on any atom is 0.175 e. The number of benzene rings is 2. The average Bonchev–Trinajstić information content (AvgIpc) is 2.53. The lowest BCUT2D eigenvalue weighted by Crippen LogP contribution is -2.00. The Morgan fingerprint density at radius 1 is 0.955 bits per heavy atom. The Balaban J connectivity index is 2.14. The van der Waals surface area contributed by atoms with Gasteiger partial charge in [0.1, 0.15) is 11.5 Å². The van der Waals surface area contributed by atoms with E-state index in [0.29, 0.717) is 17.1 Å². The van der Waals surface area contributed by atoms with Gasteiger partial charge in [-0.15, -0.1) is 0 Å². The highest BCUT2D eigenvalue weighted by Crippen LogP contribution is 2.20. The van der Waals surface area contributed by atoms with Gasteiger partial charge in [-0.3, -0.25) is 0 Å². The maximum absolute atomic E-state index is 12.2. The summed E-state index contributed by atoms with van der Waals surface area (Å²) in [6, 6.07) is 14.2. The summed E-state index contributed by atoms with van der Waals surface area (Å²) in [5.74, 6) is 1.28. The van der Waals surface area contributed by atoms with Crippen molar-refractivity contribution in [1.29, 1.82) is 0 Å². The van der Waals surface area contributed by atoms with Gasteiger partial charge in [-0.1, -0.05) is 30.3 Å². The van der Waals surface area contributed by atoms with Gasteiger partial charge < -0.3 is 9.47 Å². The third-order valence-corrected chi connectivity index (χ3v) is 4.41. The van der Waals surface area contributed by atoms with Crippen molar-refractivity contribution in [2.24, 2.45) is 0 Å². The summed E-state index contributed by atoms with van der Waals surface area (Å²) in [7, 11) is -0.229. The molecule has 0 saturated carbocycles. The standard InChI is InChI=1S/C17H18O4S/c1-20-16-9-7-14(8-10-16)13-22(18,19)12-11-15-5-3-4-6-17(15)21-2/h3-12H,13H2,1-2H3/b12-11+. The van der Waals surface area contributed by atoms with Gasteiger partial charge >= 0.3 is 0 Å². The summed E-state index contributed by atoms with van der Waals surface area (Å²) >= 11 is 0. The molecule has 0 spiro atoms. The second-order valence-electron chi connectivity index (χ2n) is 4.70. The molecule has 0 amide bonds. The molecule has 5 heteroatoms. The molecule has 0 radical (unpaired) electrons. The van der Waals surface area contributed by atoms with Crippen molar-refractivity contribution in [3.8, 4) is 11.5 Å². The third-order valence-electron chi connectivity index (χ3n) is 3.12. The van der Waals surface area contributed by atoms with E-state index in [9.17, 15) is 8.42 Å². The van der Waals surface area contributed by atoms with Crippen LogP contribution in [0.4, 0.5) is 0 Å². The number of methoxy groups -OCH3 is 2. The predicted molar refractivity (Wildman–Crippen MR) is 87.6 cm³/mol. The molecule has 0 N–H and O–H groups in total. The summed E-state index contributed by atoms with van der Waals surface area (Å²) in [5.41, 5.74) is 1.44. The van der Waals surface area contributed by atoms with Crippen molar-refractivity contribution in [1.82, 2.24) is 0 Å². The van der Waals surface area contributed by atoms with Gasteiger partial charge in [0.2, 0.25) is 0 Å². The van der Waals surface area contributed by atoms with Gasteiger partial charge in [-0.25, -0.2) is 8.42 Å².